The van der Waals surface area contributed by atoms with Crippen molar-refractivity contribution in [2.75, 3.05) is 13.1 Å². The highest BCUT2D eigenvalue weighted by Crippen LogP contribution is 2.26. The third-order valence-electron chi connectivity index (χ3n) is 3.50. The number of carbonyl (C=O) groups excluding carboxylic acids is 3. The van der Waals surface area contributed by atoms with Crippen LogP contribution in [0.2, 0.25) is 0 Å². The topological polar surface area (TPSA) is 104 Å². The highest BCUT2D eigenvalue weighted by atomic mass is 32.1. The van der Waals surface area contributed by atoms with Crippen molar-refractivity contribution in [3.8, 4) is 0 Å². The third-order valence-corrected chi connectivity index (χ3v) is 3.98. The van der Waals surface area contributed by atoms with Crippen molar-refractivity contribution in [2.45, 2.75) is 18.4 Å². The van der Waals surface area contributed by atoms with E-state index in [1.807, 2.05) is 0 Å². The van der Waals surface area contributed by atoms with E-state index >= 15 is 0 Å². The summed E-state index contributed by atoms with van der Waals surface area (Å²) >= 11 is 0.983. The minimum Gasteiger partial charge on any atom is -0.337 e. The number of nitrogens with zero attached hydrogens (tertiary/aromatic N) is 3. The van der Waals surface area contributed by atoms with Gasteiger partial charge in [0.1, 0.15) is 5.54 Å². The van der Waals surface area contributed by atoms with Crippen molar-refractivity contribution in [1.29, 1.82) is 0 Å². The number of rotatable bonds is 1. The van der Waals surface area contributed by atoms with Crippen molar-refractivity contribution in [1.82, 2.24) is 24.3 Å². The lowest BCUT2D eigenvalue weighted by atomic mass is 9.87. The van der Waals surface area contributed by atoms with E-state index in [2.05, 4.69) is 19.4 Å². The van der Waals surface area contributed by atoms with Gasteiger partial charge in [0.2, 0.25) is 0 Å². The molecule has 0 unspecified atom stereocenters. The number of carbonyl (C=O) groups is 3. The van der Waals surface area contributed by atoms with Gasteiger partial charge in [0.15, 0.2) is 5.69 Å². The maximum Gasteiger partial charge on any atom is 0.322 e. The maximum absolute atomic E-state index is 12.1. The van der Waals surface area contributed by atoms with Crippen LogP contribution in [0.1, 0.15) is 23.3 Å². The molecule has 3 rings (SSSR count). The molecule has 2 aliphatic heterocycles. The predicted molar refractivity (Wildman–Crippen MR) is 64.5 cm³/mol. The van der Waals surface area contributed by atoms with Gasteiger partial charge in [0, 0.05) is 13.1 Å². The Hall–Kier alpha value is -2.03. The Bertz CT molecular complexity index is 535. The van der Waals surface area contributed by atoms with Crippen molar-refractivity contribution in [3.63, 3.8) is 0 Å². The summed E-state index contributed by atoms with van der Waals surface area (Å²) in [5.74, 6) is -0.492. The Kier molecular flexibility index (Phi) is 2.70. The van der Waals surface area contributed by atoms with Gasteiger partial charge in [-0.2, -0.15) is 8.75 Å². The zero-order chi connectivity index (χ0) is 13.5. The summed E-state index contributed by atoms with van der Waals surface area (Å²) < 4.78 is 7.69. The first-order chi connectivity index (χ1) is 9.11. The summed E-state index contributed by atoms with van der Waals surface area (Å²) in [7, 11) is 0. The van der Waals surface area contributed by atoms with Crippen LogP contribution in [0.5, 0.6) is 0 Å². The van der Waals surface area contributed by atoms with Gasteiger partial charge in [-0.05, 0) is 12.8 Å². The van der Waals surface area contributed by atoms with Gasteiger partial charge in [-0.15, -0.1) is 0 Å². The van der Waals surface area contributed by atoms with Crippen LogP contribution in [-0.4, -0.2) is 50.1 Å². The first kappa shape index (κ1) is 12.0. The number of hydrogen-bond donors (Lipinski definition) is 2. The quantitative estimate of drug-likeness (QED) is 0.666. The largest absolute Gasteiger partial charge is 0.337 e. The fourth-order valence-corrected chi connectivity index (χ4v) is 2.80. The molecule has 2 fully saturated rings. The first-order valence-corrected chi connectivity index (χ1v) is 6.54. The second kappa shape index (κ2) is 4.26. The first-order valence-electron chi connectivity index (χ1n) is 5.81. The molecular weight excluding hydrogens is 270 g/mol. The molecule has 0 aromatic carbocycles. The summed E-state index contributed by atoms with van der Waals surface area (Å²) in [5.41, 5.74) is -0.533. The van der Waals surface area contributed by atoms with Gasteiger partial charge >= 0.3 is 6.03 Å². The van der Waals surface area contributed by atoms with E-state index in [9.17, 15) is 14.4 Å². The number of nitrogens with one attached hydrogen (secondary N) is 2. The Morgan fingerprint density at radius 2 is 2.11 bits per heavy atom. The normalized spacial score (nSPS) is 21.4. The van der Waals surface area contributed by atoms with E-state index in [-0.39, 0.29) is 11.8 Å². The van der Waals surface area contributed by atoms with Gasteiger partial charge in [-0.1, -0.05) is 0 Å². The molecule has 8 nitrogen and oxygen atoms in total. The molecule has 4 amide bonds. The van der Waals surface area contributed by atoms with Crippen LogP contribution in [-0.2, 0) is 4.79 Å². The zero-order valence-electron chi connectivity index (χ0n) is 9.88. The molecule has 1 spiro atoms. The van der Waals surface area contributed by atoms with E-state index in [0.29, 0.717) is 31.6 Å². The smallest absolute Gasteiger partial charge is 0.322 e. The number of amides is 4. The molecule has 0 atom stereocenters. The number of piperidine rings is 1. The van der Waals surface area contributed by atoms with Gasteiger partial charge in [0.05, 0.1) is 17.9 Å². The van der Waals surface area contributed by atoms with Crippen LogP contribution >= 0.6 is 11.7 Å². The standard InChI is InChI=1S/C10H11N5O3S/c16-7(6-5-11-19-14-6)15-3-1-10(2-4-15)8(17)12-9(18)13-10/h5H,1-4H2,(H2,12,13,17,18). The monoisotopic (exact) mass is 281 g/mol. The van der Waals surface area contributed by atoms with Crippen molar-refractivity contribution >= 4 is 29.6 Å². The Balaban J connectivity index is 1.68. The lowest BCUT2D eigenvalue weighted by Crippen LogP contribution is -2.55. The molecule has 1 aromatic heterocycles. The van der Waals surface area contributed by atoms with Gasteiger partial charge in [0.25, 0.3) is 11.8 Å². The van der Waals surface area contributed by atoms with Crippen LogP contribution in [0, 0.1) is 0 Å². The molecule has 100 valence electrons. The summed E-state index contributed by atoms with van der Waals surface area (Å²) in [4.78, 5) is 36.6. The number of imide groups is 1. The molecule has 9 heteroatoms. The molecule has 19 heavy (non-hydrogen) atoms. The summed E-state index contributed by atoms with van der Waals surface area (Å²) in [6, 6.07) is -0.464. The summed E-state index contributed by atoms with van der Waals surface area (Å²) in [6.07, 6.45) is 2.25. The molecule has 2 N–H and O–H groups in total. The van der Waals surface area contributed by atoms with Crippen LogP contribution in [0.15, 0.2) is 6.20 Å². The fourth-order valence-electron chi connectivity index (χ4n) is 2.39. The predicted octanol–water partition coefficient (Wildman–Crippen LogP) is -0.648. The van der Waals surface area contributed by atoms with E-state index in [1.165, 1.54) is 6.20 Å². The molecule has 0 saturated carbocycles. The lowest BCUT2D eigenvalue weighted by molar-refractivity contribution is -0.125. The minimum absolute atomic E-state index is 0.187. The molecule has 0 aliphatic carbocycles. The average molecular weight is 281 g/mol. The number of aromatic nitrogens is 2. The molecular formula is C10H11N5O3S. The minimum atomic E-state index is -0.853. The summed E-state index contributed by atoms with van der Waals surface area (Å²) in [5, 5.41) is 4.89. The Morgan fingerprint density at radius 3 is 2.63 bits per heavy atom. The highest BCUT2D eigenvalue weighted by Gasteiger charge is 2.48. The van der Waals surface area contributed by atoms with Crippen LogP contribution in [0.3, 0.4) is 0 Å². The number of hydrogen-bond acceptors (Lipinski definition) is 6. The molecule has 1 aromatic rings. The molecule has 3 heterocycles. The fraction of sp³-hybridized carbons (Fsp3) is 0.500. The van der Waals surface area contributed by atoms with Gasteiger partial charge in [-0.3, -0.25) is 14.9 Å². The molecule has 2 saturated heterocycles. The van der Waals surface area contributed by atoms with E-state index in [0.717, 1.165) is 11.7 Å². The van der Waals surface area contributed by atoms with Crippen LogP contribution in [0.25, 0.3) is 0 Å². The van der Waals surface area contributed by atoms with Crippen molar-refractivity contribution in [2.24, 2.45) is 0 Å². The average Bonchev–Trinajstić information content (AvgIpc) is 2.99. The number of likely N-dealkylation sites (tertiary alicyclic amines) is 1. The highest BCUT2D eigenvalue weighted by molar-refractivity contribution is 6.99. The second-order valence-electron chi connectivity index (χ2n) is 4.58. The van der Waals surface area contributed by atoms with E-state index < -0.39 is 11.6 Å². The van der Waals surface area contributed by atoms with Crippen LogP contribution < -0.4 is 10.6 Å². The summed E-state index contributed by atoms with van der Waals surface area (Å²) in [6.45, 7) is 0.814. The van der Waals surface area contributed by atoms with Crippen molar-refractivity contribution < 1.29 is 14.4 Å². The van der Waals surface area contributed by atoms with E-state index in [1.54, 1.807) is 4.90 Å². The van der Waals surface area contributed by atoms with Gasteiger partial charge < -0.3 is 10.2 Å². The Labute approximate surface area is 112 Å². The Morgan fingerprint density at radius 1 is 1.37 bits per heavy atom. The molecule has 2 aliphatic rings. The SMILES string of the molecule is O=C1NC(=O)C2(CCN(C(=O)c3cnsn3)CC2)N1. The molecule has 0 radical (unpaired) electrons. The molecule has 0 bridgehead atoms. The zero-order valence-corrected chi connectivity index (χ0v) is 10.7. The lowest BCUT2D eigenvalue weighted by Gasteiger charge is -2.36. The van der Waals surface area contributed by atoms with Crippen molar-refractivity contribution in [3.05, 3.63) is 11.9 Å². The van der Waals surface area contributed by atoms with Crippen LogP contribution in [0.4, 0.5) is 4.79 Å². The number of urea groups is 1. The third kappa shape index (κ3) is 1.95. The van der Waals surface area contributed by atoms with E-state index in [4.69, 9.17) is 0 Å². The maximum atomic E-state index is 12.1. The second-order valence-corrected chi connectivity index (χ2v) is 5.13. The van der Waals surface area contributed by atoms with Gasteiger partial charge in [-0.25, -0.2) is 4.79 Å².